The lowest BCUT2D eigenvalue weighted by Gasteiger charge is -2.12. The summed E-state index contributed by atoms with van der Waals surface area (Å²) in [6.07, 6.45) is 4.16. The standard InChI is InChI=1S/C19H19N5O/c1-11-9-16(23-24(11)12(2)13-7-8-13)22-19-18-17(20-10-21-19)14-5-3-4-6-15(14)25-18/h3-6,9-10,12-13H,7-8H2,1-2H3,(H,20,21,22,23). The maximum Gasteiger partial charge on any atom is 0.196 e. The average Bonchev–Trinajstić information content (AvgIpc) is 3.31. The lowest BCUT2D eigenvalue weighted by atomic mass is 10.2. The first-order chi connectivity index (χ1) is 12.2. The number of nitrogens with zero attached hydrogens (tertiary/aromatic N) is 4. The van der Waals surface area contributed by atoms with Crippen molar-refractivity contribution in [2.75, 3.05) is 5.32 Å². The Morgan fingerprint density at radius 2 is 2.08 bits per heavy atom. The van der Waals surface area contributed by atoms with E-state index in [1.165, 1.54) is 12.8 Å². The molecule has 0 saturated heterocycles. The molecule has 126 valence electrons. The third kappa shape index (κ3) is 2.36. The Balaban J connectivity index is 1.55. The highest BCUT2D eigenvalue weighted by molar-refractivity contribution is 6.05. The first-order valence-corrected chi connectivity index (χ1v) is 8.66. The molecule has 0 amide bonds. The second-order valence-corrected chi connectivity index (χ2v) is 6.82. The molecule has 1 fully saturated rings. The molecule has 0 radical (unpaired) electrons. The van der Waals surface area contributed by atoms with E-state index < -0.39 is 0 Å². The number of para-hydroxylation sites is 1. The fourth-order valence-corrected chi connectivity index (χ4v) is 3.47. The minimum atomic E-state index is 0.437. The zero-order valence-electron chi connectivity index (χ0n) is 14.2. The van der Waals surface area contributed by atoms with Crippen LogP contribution in [0.15, 0.2) is 41.1 Å². The fourth-order valence-electron chi connectivity index (χ4n) is 3.47. The van der Waals surface area contributed by atoms with Gasteiger partial charge < -0.3 is 9.73 Å². The Kier molecular flexibility index (Phi) is 3.07. The second-order valence-electron chi connectivity index (χ2n) is 6.82. The van der Waals surface area contributed by atoms with Crippen LogP contribution < -0.4 is 5.32 Å². The molecular weight excluding hydrogens is 314 g/mol. The zero-order chi connectivity index (χ0) is 17.0. The molecule has 25 heavy (non-hydrogen) atoms. The monoisotopic (exact) mass is 333 g/mol. The number of hydrogen-bond acceptors (Lipinski definition) is 5. The molecule has 1 aliphatic carbocycles. The van der Waals surface area contributed by atoms with Gasteiger partial charge in [-0.1, -0.05) is 12.1 Å². The van der Waals surface area contributed by atoms with E-state index in [-0.39, 0.29) is 0 Å². The predicted octanol–water partition coefficient (Wildman–Crippen LogP) is 4.60. The van der Waals surface area contributed by atoms with Gasteiger partial charge in [0.15, 0.2) is 17.2 Å². The van der Waals surface area contributed by atoms with Crippen molar-refractivity contribution in [1.29, 1.82) is 0 Å². The SMILES string of the molecule is Cc1cc(Nc2ncnc3c2oc2ccccc23)nn1C(C)C1CC1. The van der Waals surface area contributed by atoms with Crippen molar-refractivity contribution in [2.45, 2.75) is 32.7 Å². The van der Waals surface area contributed by atoms with Crippen LogP contribution in [0.4, 0.5) is 11.6 Å². The Bertz CT molecular complexity index is 1080. The molecule has 6 nitrogen and oxygen atoms in total. The number of aryl methyl sites for hydroxylation is 1. The highest BCUT2D eigenvalue weighted by Crippen LogP contribution is 2.40. The molecule has 0 spiro atoms. The summed E-state index contributed by atoms with van der Waals surface area (Å²) in [5.41, 5.74) is 3.43. The van der Waals surface area contributed by atoms with Crippen LogP contribution in [0.25, 0.3) is 22.1 Å². The number of hydrogen-bond donors (Lipinski definition) is 1. The van der Waals surface area contributed by atoms with E-state index in [0.717, 1.165) is 33.9 Å². The van der Waals surface area contributed by atoms with Gasteiger partial charge in [-0.3, -0.25) is 4.68 Å². The molecule has 0 bridgehead atoms. The molecule has 1 unspecified atom stereocenters. The maximum atomic E-state index is 5.97. The van der Waals surface area contributed by atoms with Crippen molar-refractivity contribution in [3.05, 3.63) is 42.4 Å². The van der Waals surface area contributed by atoms with Gasteiger partial charge >= 0.3 is 0 Å². The van der Waals surface area contributed by atoms with E-state index in [1.807, 2.05) is 24.3 Å². The average molecular weight is 333 g/mol. The smallest absolute Gasteiger partial charge is 0.196 e. The van der Waals surface area contributed by atoms with E-state index in [4.69, 9.17) is 9.52 Å². The Morgan fingerprint density at radius 1 is 1.24 bits per heavy atom. The van der Waals surface area contributed by atoms with Gasteiger partial charge in [0.1, 0.15) is 17.4 Å². The summed E-state index contributed by atoms with van der Waals surface area (Å²) in [6, 6.07) is 10.4. The molecular formula is C19H19N5O. The van der Waals surface area contributed by atoms with Crippen LogP contribution in [0.5, 0.6) is 0 Å². The number of anilines is 2. The van der Waals surface area contributed by atoms with Crippen molar-refractivity contribution in [3.8, 4) is 0 Å². The number of aromatic nitrogens is 4. The molecule has 1 saturated carbocycles. The van der Waals surface area contributed by atoms with Gasteiger partial charge in [0.25, 0.3) is 0 Å². The summed E-state index contributed by atoms with van der Waals surface area (Å²) in [7, 11) is 0. The number of fused-ring (bicyclic) bond motifs is 3. The van der Waals surface area contributed by atoms with Crippen molar-refractivity contribution >= 4 is 33.7 Å². The molecule has 3 heterocycles. The van der Waals surface area contributed by atoms with E-state index in [9.17, 15) is 0 Å². The lowest BCUT2D eigenvalue weighted by Crippen LogP contribution is -2.10. The van der Waals surface area contributed by atoms with Crippen LogP contribution >= 0.6 is 0 Å². The predicted molar refractivity (Wildman–Crippen MR) is 97.0 cm³/mol. The van der Waals surface area contributed by atoms with Crippen LogP contribution in [0, 0.1) is 12.8 Å². The van der Waals surface area contributed by atoms with Crippen molar-refractivity contribution in [2.24, 2.45) is 5.92 Å². The van der Waals surface area contributed by atoms with E-state index in [0.29, 0.717) is 17.4 Å². The van der Waals surface area contributed by atoms with Gasteiger partial charge in [0.2, 0.25) is 0 Å². The summed E-state index contributed by atoms with van der Waals surface area (Å²) in [5.74, 6) is 2.18. The third-order valence-corrected chi connectivity index (χ3v) is 5.02. The second kappa shape index (κ2) is 5.31. The van der Waals surface area contributed by atoms with Crippen molar-refractivity contribution < 1.29 is 4.42 Å². The minimum Gasteiger partial charge on any atom is -0.450 e. The van der Waals surface area contributed by atoms with Crippen molar-refractivity contribution in [3.63, 3.8) is 0 Å². The molecule has 6 heteroatoms. The molecule has 1 aromatic carbocycles. The summed E-state index contributed by atoms with van der Waals surface area (Å²) < 4.78 is 8.07. The van der Waals surface area contributed by atoms with E-state index >= 15 is 0 Å². The van der Waals surface area contributed by atoms with Gasteiger partial charge in [-0.25, -0.2) is 9.97 Å². The molecule has 1 atom stereocenters. The quantitative estimate of drug-likeness (QED) is 0.591. The highest BCUT2D eigenvalue weighted by atomic mass is 16.3. The lowest BCUT2D eigenvalue weighted by molar-refractivity contribution is 0.432. The Morgan fingerprint density at radius 3 is 2.92 bits per heavy atom. The molecule has 5 rings (SSSR count). The number of nitrogens with one attached hydrogen (secondary N) is 1. The molecule has 3 aromatic heterocycles. The van der Waals surface area contributed by atoms with Gasteiger partial charge in [0, 0.05) is 17.1 Å². The van der Waals surface area contributed by atoms with Gasteiger partial charge in [0.05, 0.1) is 6.04 Å². The third-order valence-electron chi connectivity index (χ3n) is 5.02. The van der Waals surface area contributed by atoms with Crippen LogP contribution in [0.1, 0.15) is 31.5 Å². The number of benzene rings is 1. The number of furan rings is 1. The molecule has 1 N–H and O–H groups in total. The largest absolute Gasteiger partial charge is 0.450 e. The maximum absolute atomic E-state index is 5.97. The van der Waals surface area contributed by atoms with Gasteiger partial charge in [-0.2, -0.15) is 5.10 Å². The minimum absolute atomic E-state index is 0.437. The normalized spacial score (nSPS) is 15.8. The van der Waals surface area contributed by atoms with Crippen molar-refractivity contribution in [1.82, 2.24) is 19.7 Å². The number of rotatable bonds is 4. The van der Waals surface area contributed by atoms with Crippen LogP contribution in [-0.2, 0) is 0 Å². The summed E-state index contributed by atoms with van der Waals surface area (Å²) in [4.78, 5) is 8.75. The zero-order valence-corrected chi connectivity index (χ0v) is 14.2. The first kappa shape index (κ1) is 14.5. The summed E-state index contributed by atoms with van der Waals surface area (Å²) >= 11 is 0. The van der Waals surface area contributed by atoms with Crippen LogP contribution in [-0.4, -0.2) is 19.7 Å². The Labute approximate surface area is 144 Å². The molecule has 4 aromatic rings. The van der Waals surface area contributed by atoms with Gasteiger partial charge in [-0.05, 0) is 44.7 Å². The van der Waals surface area contributed by atoms with Gasteiger partial charge in [-0.15, -0.1) is 0 Å². The summed E-state index contributed by atoms with van der Waals surface area (Å²) in [6.45, 7) is 4.33. The highest BCUT2D eigenvalue weighted by Gasteiger charge is 2.30. The van der Waals surface area contributed by atoms with E-state index in [1.54, 1.807) is 6.33 Å². The van der Waals surface area contributed by atoms with E-state index in [2.05, 4.69) is 39.9 Å². The topological polar surface area (TPSA) is 68.8 Å². The fraction of sp³-hybridized carbons (Fsp3) is 0.316. The Hall–Kier alpha value is -2.89. The summed E-state index contributed by atoms with van der Waals surface area (Å²) in [5, 5.41) is 9.03. The molecule has 0 aliphatic heterocycles. The van der Waals surface area contributed by atoms with Crippen LogP contribution in [0.2, 0.25) is 0 Å². The first-order valence-electron chi connectivity index (χ1n) is 8.66. The van der Waals surface area contributed by atoms with Crippen LogP contribution in [0.3, 0.4) is 0 Å². The molecule has 1 aliphatic rings.